The van der Waals surface area contributed by atoms with Crippen LogP contribution in [0.5, 0.6) is 0 Å². The van der Waals surface area contributed by atoms with E-state index in [9.17, 15) is 17.6 Å². The molecule has 30 heavy (non-hydrogen) atoms. The number of benzene rings is 1. The van der Waals surface area contributed by atoms with Gasteiger partial charge in [0.15, 0.2) is 9.84 Å². The molecule has 2 aliphatic heterocycles. The van der Waals surface area contributed by atoms with Gasteiger partial charge in [0.1, 0.15) is 11.9 Å². The number of amides is 1. The Bertz CT molecular complexity index is 1170. The molecule has 4 rings (SSSR count). The summed E-state index contributed by atoms with van der Waals surface area (Å²) >= 11 is 0. The number of allylic oxidation sites excluding steroid dienone is 1. The molecule has 2 aromatic rings. The molecule has 1 atom stereocenters. The van der Waals surface area contributed by atoms with E-state index in [-0.39, 0.29) is 24.5 Å². The summed E-state index contributed by atoms with van der Waals surface area (Å²) in [6.45, 7) is 0.546. The number of rotatable bonds is 5. The number of carbonyl (C=O) groups is 1. The van der Waals surface area contributed by atoms with E-state index < -0.39 is 27.9 Å². The Kier molecular flexibility index (Phi) is 5.30. The lowest BCUT2D eigenvalue weighted by atomic mass is 10.0. The number of cyclic esters (lactones) is 1. The summed E-state index contributed by atoms with van der Waals surface area (Å²) in [4.78, 5) is 13.6. The molecule has 0 bridgehead atoms. The molecule has 2 aliphatic rings. The molecule has 1 aromatic heterocycles. The summed E-state index contributed by atoms with van der Waals surface area (Å²) in [5.74, 6) is 1.89. The van der Waals surface area contributed by atoms with Gasteiger partial charge in [-0.2, -0.15) is 0 Å². The summed E-state index contributed by atoms with van der Waals surface area (Å²) in [6, 6.07) is 4.47. The molecule has 1 fully saturated rings. The van der Waals surface area contributed by atoms with E-state index in [2.05, 4.69) is 16.2 Å². The number of aromatic nitrogens is 3. The maximum Gasteiger partial charge on any atom is 0.414 e. The monoisotopic (exact) mass is 430 g/mol. The van der Waals surface area contributed by atoms with Gasteiger partial charge in [-0.3, -0.25) is 4.90 Å². The highest BCUT2D eigenvalue weighted by Gasteiger charge is 2.33. The van der Waals surface area contributed by atoms with Crippen LogP contribution in [-0.4, -0.2) is 53.7 Å². The highest BCUT2D eigenvalue weighted by molar-refractivity contribution is 7.91. The quantitative estimate of drug-likeness (QED) is 0.672. The number of terminal acetylenes is 1. The largest absolute Gasteiger partial charge is 0.442 e. The zero-order chi connectivity index (χ0) is 21.3. The maximum atomic E-state index is 14.7. The first kappa shape index (κ1) is 20.1. The molecular weight excluding hydrogens is 411 g/mol. The smallest absolute Gasteiger partial charge is 0.414 e. The lowest BCUT2D eigenvalue weighted by molar-refractivity contribution is 0.129. The van der Waals surface area contributed by atoms with Crippen molar-refractivity contribution in [3.8, 4) is 12.3 Å². The predicted molar refractivity (Wildman–Crippen MR) is 108 cm³/mol. The van der Waals surface area contributed by atoms with Crippen LogP contribution >= 0.6 is 0 Å². The second kappa shape index (κ2) is 7.91. The molecule has 0 saturated carbocycles. The van der Waals surface area contributed by atoms with Crippen molar-refractivity contribution in [3.05, 3.63) is 47.5 Å². The van der Waals surface area contributed by atoms with Crippen molar-refractivity contribution in [1.29, 1.82) is 0 Å². The first-order valence-electron chi connectivity index (χ1n) is 9.34. The van der Waals surface area contributed by atoms with Crippen molar-refractivity contribution in [3.63, 3.8) is 0 Å². The summed E-state index contributed by atoms with van der Waals surface area (Å²) in [5.41, 5.74) is 2.03. The minimum absolute atomic E-state index is 0.00545. The van der Waals surface area contributed by atoms with E-state index in [0.29, 0.717) is 35.5 Å². The zero-order valence-electron chi connectivity index (χ0n) is 16.0. The molecule has 1 amide bonds. The third-order valence-electron chi connectivity index (χ3n) is 5.01. The van der Waals surface area contributed by atoms with Crippen LogP contribution in [0.4, 0.5) is 14.9 Å². The molecule has 0 spiro atoms. The first-order valence-corrected chi connectivity index (χ1v) is 11.2. The fourth-order valence-corrected chi connectivity index (χ4v) is 4.66. The van der Waals surface area contributed by atoms with E-state index in [0.717, 1.165) is 0 Å². The van der Waals surface area contributed by atoms with Gasteiger partial charge in [-0.25, -0.2) is 22.3 Å². The number of carbonyl (C=O) groups excluding carboxylic acids is 1. The van der Waals surface area contributed by atoms with Gasteiger partial charge in [-0.05, 0) is 30.2 Å². The van der Waals surface area contributed by atoms with E-state index in [4.69, 9.17) is 11.2 Å². The normalized spacial score (nSPS) is 20.5. The van der Waals surface area contributed by atoms with Gasteiger partial charge in [0.2, 0.25) is 0 Å². The van der Waals surface area contributed by atoms with E-state index in [1.807, 2.05) is 0 Å². The van der Waals surface area contributed by atoms with Gasteiger partial charge in [0.25, 0.3) is 0 Å². The Morgan fingerprint density at radius 3 is 2.90 bits per heavy atom. The number of anilines is 1. The van der Waals surface area contributed by atoms with Gasteiger partial charge in [0, 0.05) is 11.8 Å². The second-order valence-electron chi connectivity index (χ2n) is 7.19. The van der Waals surface area contributed by atoms with Crippen molar-refractivity contribution in [2.24, 2.45) is 0 Å². The average Bonchev–Trinajstić information content (AvgIpc) is 3.29. The minimum Gasteiger partial charge on any atom is -0.442 e. The number of hydrogen-bond donors (Lipinski definition) is 0. The number of sulfone groups is 1. The van der Waals surface area contributed by atoms with Gasteiger partial charge >= 0.3 is 6.09 Å². The predicted octanol–water partition coefficient (Wildman–Crippen LogP) is 1.82. The zero-order valence-corrected chi connectivity index (χ0v) is 16.8. The van der Waals surface area contributed by atoms with Crippen LogP contribution in [0.15, 0.2) is 30.5 Å². The number of halogens is 1. The second-order valence-corrected chi connectivity index (χ2v) is 9.42. The fourth-order valence-electron chi connectivity index (χ4n) is 3.50. The first-order chi connectivity index (χ1) is 14.3. The molecule has 3 heterocycles. The van der Waals surface area contributed by atoms with Crippen LogP contribution in [0.1, 0.15) is 17.7 Å². The Hall–Kier alpha value is -3.19. The Balaban J connectivity index is 1.46. The van der Waals surface area contributed by atoms with Crippen LogP contribution in [0.2, 0.25) is 0 Å². The topological polar surface area (TPSA) is 94.4 Å². The highest BCUT2D eigenvalue weighted by Crippen LogP contribution is 2.30. The number of nitrogens with zero attached hydrogens (tertiary/aromatic N) is 4. The molecule has 1 aromatic carbocycles. The Labute approximate surface area is 173 Å². The SMILES string of the molecule is C#CCc1cn(CC2CN(c3ccc(C4=CCS(=O)(=O)CC4)c(F)c3)C(=O)O2)nn1. The van der Waals surface area contributed by atoms with Crippen molar-refractivity contribution >= 4 is 27.2 Å². The number of ether oxygens (including phenoxy) is 1. The summed E-state index contributed by atoms with van der Waals surface area (Å²) < 4.78 is 44.8. The van der Waals surface area contributed by atoms with Gasteiger partial charge in [0.05, 0.1) is 42.4 Å². The fraction of sp³-hybridized carbons (Fsp3) is 0.350. The van der Waals surface area contributed by atoms with Crippen molar-refractivity contribution < 1.29 is 22.3 Å². The lowest BCUT2D eigenvalue weighted by Crippen LogP contribution is -2.26. The summed E-state index contributed by atoms with van der Waals surface area (Å²) in [6.07, 6.45) is 8.09. The molecule has 10 heteroatoms. The van der Waals surface area contributed by atoms with Crippen LogP contribution in [-0.2, 0) is 27.5 Å². The van der Waals surface area contributed by atoms with Crippen molar-refractivity contribution in [1.82, 2.24) is 15.0 Å². The summed E-state index contributed by atoms with van der Waals surface area (Å²) in [7, 11) is -3.09. The molecule has 0 N–H and O–H groups in total. The Morgan fingerprint density at radius 1 is 1.37 bits per heavy atom. The molecule has 1 unspecified atom stereocenters. The van der Waals surface area contributed by atoms with Gasteiger partial charge < -0.3 is 4.74 Å². The van der Waals surface area contributed by atoms with Crippen LogP contribution < -0.4 is 4.90 Å². The van der Waals surface area contributed by atoms with E-state index >= 15 is 0 Å². The highest BCUT2D eigenvalue weighted by atomic mass is 32.2. The average molecular weight is 430 g/mol. The standard InChI is InChI=1S/C20H19FN4O4S/c1-2-3-15-11-24(23-22-15)12-17-13-25(20(26)29-17)16-4-5-18(19(21)10-16)14-6-8-30(27,28)9-7-14/h1,4-6,10-11,17H,3,7-9,12-13H2. The van der Waals surface area contributed by atoms with E-state index in [1.165, 1.54) is 11.0 Å². The third kappa shape index (κ3) is 4.21. The Morgan fingerprint density at radius 2 is 2.20 bits per heavy atom. The maximum absolute atomic E-state index is 14.7. The lowest BCUT2D eigenvalue weighted by Gasteiger charge is -2.17. The van der Waals surface area contributed by atoms with Gasteiger partial charge in [-0.1, -0.05) is 11.3 Å². The number of hydrogen-bond acceptors (Lipinski definition) is 6. The molecule has 0 aliphatic carbocycles. The molecule has 0 radical (unpaired) electrons. The molecular formula is C20H19FN4O4S. The van der Waals surface area contributed by atoms with E-state index in [1.54, 1.807) is 29.1 Å². The van der Waals surface area contributed by atoms with Crippen LogP contribution in [0.25, 0.3) is 5.57 Å². The summed E-state index contributed by atoms with van der Waals surface area (Å²) in [5, 5.41) is 7.90. The molecule has 156 valence electrons. The van der Waals surface area contributed by atoms with Crippen molar-refractivity contribution in [2.45, 2.75) is 25.5 Å². The molecule has 1 saturated heterocycles. The minimum atomic E-state index is -3.09. The third-order valence-corrected chi connectivity index (χ3v) is 6.51. The van der Waals surface area contributed by atoms with Crippen molar-refractivity contribution in [2.75, 3.05) is 23.0 Å². The van der Waals surface area contributed by atoms with Crippen LogP contribution in [0.3, 0.4) is 0 Å². The van der Waals surface area contributed by atoms with Crippen LogP contribution in [0, 0.1) is 18.2 Å². The molecule has 8 nitrogen and oxygen atoms in total. The van der Waals surface area contributed by atoms with Gasteiger partial charge in [-0.15, -0.1) is 17.4 Å².